The Morgan fingerprint density at radius 3 is 2.22 bits per heavy atom. The van der Waals surface area contributed by atoms with E-state index in [-0.39, 0.29) is 18.3 Å². The van der Waals surface area contributed by atoms with Gasteiger partial charge in [0.25, 0.3) is 0 Å². The fourth-order valence-electron chi connectivity index (χ4n) is 3.58. The van der Waals surface area contributed by atoms with Crippen LogP contribution >= 0.6 is 0 Å². The Balaban J connectivity index is 1.69. The average Bonchev–Trinajstić information content (AvgIpc) is 3.13. The molecule has 3 aliphatic rings. The Hall–Kier alpha value is -0.835. The van der Waals surface area contributed by atoms with Crippen LogP contribution in [0.5, 0.6) is 0 Å². The molecular weight excluding hydrogens is 287 g/mol. The number of rotatable bonds is 3. The van der Waals surface area contributed by atoms with Crippen molar-refractivity contribution < 1.29 is 14.0 Å². The summed E-state index contributed by atoms with van der Waals surface area (Å²) >= 11 is 0. The molecule has 2 aliphatic heterocycles. The van der Waals surface area contributed by atoms with Gasteiger partial charge in [-0.3, -0.25) is 0 Å². The van der Waals surface area contributed by atoms with Crippen LogP contribution < -0.4 is 5.46 Å². The highest BCUT2D eigenvalue weighted by Gasteiger charge is 2.52. The Kier molecular flexibility index (Phi) is 3.64. The highest BCUT2D eigenvalue weighted by atomic mass is 16.7. The van der Waals surface area contributed by atoms with Gasteiger partial charge in [-0.05, 0) is 69.5 Å². The van der Waals surface area contributed by atoms with Gasteiger partial charge in [0.15, 0.2) is 0 Å². The van der Waals surface area contributed by atoms with Crippen LogP contribution in [0.3, 0.4) is 0 Å². The molecule has 0 radical (unpaired) electrons. The summed E-state index contributed by atoms with van der Waals surface area (Å²) in [6.45, 7) is 10.2. The highest BCUT2D eigenvalue weighted by molar-refractivity contribution is 6.62. The molecule has 1 aliphatic carbocycles. The summed E-state index contributed by atoms with van der Waals surface area (Å²) < 4.78 is 18.2. The minimum atomic E-state index is -0.287. The Morgan fingerprint density at radius 2 is 1.65 bits per heavy atom. The lowest BCUT2D eigenvalue weighted by molar-refractivity contribution is 0.00578. The molecule has 1 aromatic carbocycles. The van der Waals surface area contributed by atoms with Crippen LogP contribution in [0.2, 0.25) is 0 Å². The molecular formula is C19H27BO3. The second kappa shape index (κ2) is 5.33. The molecule has 1 atom stereocenters. The molecule has 124 valence electrons. The fraction of sp³-hybridized carbons (Fsp3) is 0.684. The van der Waals surface area contributed by atoms with Gasteiger partial charge in [0.2, 0.25) is 0 Å². The third-order valence-electron chi connectivity index (χ3n) is 6.04. The Morgan fingerprint density at radius 1 is 0.957 bits per heavy atom. The fourth-order valence-corrected chi connectivity index (χ4v) is 3.58. The zero-order valence-corrected chi connectivity index (χ0v) is 14.7. The summed E-state index contributed by atoms with van der Waals surface area (Å²) in [7, 11) is -0.252. The molecule has 1 saturated carbocycles. The number of hydrogen-bond acceptors (Lipinski definition) is 3. The lowest BCUT2D eigenvalue weighted by Crippen LogP contribution is -2.41. The van der Waals surface area contributed by atoms with Crippen molar-refractivity contribution in [2.75, 3.05) is 13.2 Å². The quantitative estimate of drug-likeness (QED) is 0.801. The third kappa shape index (κ3) is 2.75. The molecule has 4 rings (SSSR count). The molecule has 0 spiro atoms. The van der Waals surface area contributed by atoms with E-state index in [9.17, 15) is 0 Å². The van der Waals surface area contributed by atoms with E-state index in [0.717, 1.165) is 19.6 Å². The predicted octanol–water partition coefficient (Wildman–Crippen LogP) is 3.37. The van der Waals surface area contributed by atoms with Gasteiger partial charge in [0, 0.05) is 12.5 Å². The second-order valence-corrected chi connectivity index (χ2v) is 8.31. The normalized spacial score (nSPS) is 29.2. The zero-order chi connectivity index (χ0) is 16.2. The molecule has 1 unspecified atom stereocenters. The van der Waals surface area contributed by atoms with Crippen LogP contribution in [-0.4, -0.2) is 31.5 Å². The van der Waals surface area contributed by atoms with E-state index in [1.807, 2.05) is 0 Å². The summed E-state index contributed by atoms with van der Waals surface area (Å²) in [5.74, 6) is 1.21. The van der Waals surface area contributed by atoms with Gasteiger partial charge < -0.3 is 14.0 Å². The maximum atomic E-state index is 6.33. The van der Waals surface area contributed by atoms with Crippen LogP contribution in [-0.2, 0) is 14.0 Å². The van der Waals surface area contributed by atoms with E-state index in [1.165, 1.54) is 29.4 Å². The molecule has 0 aromatic heterocycles. The topological polar surface area (TPSA) is 27.7 Å². The molecule has 2 saturated heterocycles. The summed E-state index contributed by atoms with van der Waals surface area (Å²) in [5, 5.41) is 0. The summed E-state index contributed by atoms with van der Waals surface area (Å²) in [4.78, 5) is 0. The molecule has 2 heterocycles. The van der Waals surface area contributed by atoms with E-state index in [2.05, 4.69) is 45.9 Å². The summed E-state index contributed by atoms with van der Waals surface area (Å²) in [6.07, 6.45) is 3.70. The Labute approximate surface area is 139 Å². The van der Waals surface area contributed by atoms with Gasteiger partial charge in [-0.1, -0.05) is 18.2 Å². The van der Waals surface area contributed by atoms with E-state index < -0.39 is 0 Å². The van der Waals surface area contributed by atoms with Crippen molar-refractivity contribution in [3.05, 3.63) is 29.3 Å². The summed E-state index contributed by atoms with van der Waals surface area (Å²) in [6, 6.07) is 6.93. The number of hydrogen-bond donors (Lipinski definition) is 0. The van der Waals surface area contributed by atoms with Crippen LogP contribution in [0.4, 0.5) is 0 Å². The van der Waals surface area contributed by atoms with Crippen LogP contribution in [0, 0.1) is 0 Å². The predicted molar refractivity (Wildman–Crippen MR) is 92.3 cm³/mol. The lowest BCUT2D eigenvalue weighted by Gasteiger charge is -2.32. The van der Waals surface area contributed by atoms with E-state index in [1.54, 1.807) is 0 Å². The van der Waals surface area contributed by atoms with Crippen molar-refractivity contribution in [3.63, 3.8) is 0 Å². The second-order valence-electron chi connectivity index (χ2n) is 8.31. The van der Waals surface area contributed by atoms with Crippen LogP contribution in [0.15, 0.2) is 18.2 Å². The lowest BCUT2D eigenvalue weighted by atomic mass is 9.73. The monoisotopic (exact) mass is 314 g/mol. The molecule has 23 heavy (non-hydrogen) atoms. The van der Waals surface area contributed by atoms with Gasteiger partial charge in [0.1, 0.15) is 0 Å². The van der Waals surface area contributed by atoms with Crippen LogP contribution in [0.25, 0.3) is 0 Å². The summed E-state index contributed by atoms with van der Waals surface area (Å²) in [5.41, 5.74) is 3.47. The molecule has 0 bridgehead atoms. The minimum Gasteiger partial charge on any atom is -0.399 e. The smallest absolute Gasteiger partial charge is 0.399 e. The van der Waals surface area contributed by atoms with E-state index in [4.69, 9.17) is 14.0 Å². The highest BCUT2D eigenvalue weighted by Crippen LogP contribution is 2.42. The van der Waals surface area contributed by atoms with E-state index >= 15 is 0 Å². The van der Waals surface area contributed by atoms with Gasteiger partial charge in [0.05, 0.1) is 17.8 Å². The molecule has 3 nitrogen and oxygen atoms in total. The van der Waals surface area contributed by atoms with Gasteiger partial charge >= 0.3 is 7.12 Å². The third-order valence-corrected chi connectivity index (χ3v) is 6.04. The van der Waals surface area contributed by atoms with E-state index in [0.29, 0.717) is 11.8 Å². The first-order valence-electron chi connectivity index (χ1n) is 8.94. The van der Waals surface area contributed by atoms with Crippen molar-refractivity contribution in [1.29, 1.82) is 0 Å². The maximum Gasteiger partial charge on any atom is 0.495 e. The van der Waals surface area contributed by atoms with Gasteiger partial charge in [-0.15, -0.1) is 0 Å². The van der Waals surface area contributed by atoms with Crippen molar-refractivity contribution in [3.8, 4) is 0 Å². The molecule has 0 N–H and O–H groups in total. The number of benzene rings is 1. The Bertz CT molecular complexity index is 585. The van der Waals surface area contributed by atoms with Gasteiger partial charge in [-0.2, -0.15) is 0 Å². The van der Waals surface area contributed by atoms with Crippen molar-refractivity contribution in [2.45, 2.75) is 70.0 Å². The SMILES string of the molecule is CC1(C)OB(c2cc(C3CCOC3)ccc2C2CC2)OC1(C)C. The molecule has 1 aromatic rings. The zero-order valence-electron chi connectivity index (χ0n) is 14.7. The largest absolute Gasteiger partial charge is 0.495 e. The number of ether oxygens (including phenoxy) is 1. The first-order valence-corrected chi connectivity index (χ1v) is 8.94. The molecule has 4 heteroatoms. The van der Waals surface area contributed by atoms with Crippen LogP contribution in [0.1, 0.15) is 69.9 Å². The van der Waals surface area contributed by atoms with Gasteiger partial charge in [-0.25, -0.2) is 0 Å². The minimum absolute atomic E-state index is 0.252. The first-order chi connectivity index (χ1) is 10.9. The standard InChI is InChI=1S/C19H27BO3/c1-18(2)19(3,4)23-20(22-18)17-11-14(15-9-10-21-12-15)7-8-16(17)13-5-6-13/h7-8,11,13,15H,5-6,9-10,12H2,1-4H3. The van der Waals surface area contributed by atoms with Crippen molar-refractivity contribution in [1.82, 2.24) is 0 Å². The maximum absolute atomic E-state index is 6.33. The average molecular weight is 314 g/mol. The molecule has 3 fully saturated rings. The first kappa shape index (κ1) is 15.7. The van der Waals surface area contributed by atoms with Crippen molar-refractivity contribution >= 4 is 12.6 Å². The molecule has 0 amide bonds. The van der Waals surface area contributed by atoms with Crippen molar-refractivity contribution in [2.24, 2.45) is 0 Å².